The molecule has 2 heterocycles. The molecular weight excluding hydrogens is 364 g/mol. The molecule has 2 aliphatic heterocycles. The number of nitrogens with zero attached hydrogens (tertiary/aromatic N) is 2. The molecule has 0 unspecified atom stereocenters. The fourth-order valence-electron chi connectivity index (χ4n) is 4.58. The molecule has 0 spiro atoms. The molecule has 2 aromatic rings. The molecule has 5 heteroatoms. The van der Waals surface area contributed by atoms with Gasteiger partial charge in [-0.1, -0.05) is 37.3 Å². The van der Waals surface area contributed by atoms with Crippen molar-refractivity contribution in [1.29, 1.82) is 0 Å². The van der Waals surface area contributed by atoms with Crippen molar-refractivity contribution >= 4 is 11.8 Å². The van der Waals surface area contributed by atoms with Crippen LogP contribution >= 0.6 is 0 Å². The summed E-state index contributed by atoms with van der Waals surface area (Å²) in [5.74, 6) is 1.07. The number of rotatable bonds is 3. The molecule has 152 valence electrons. The van der Waals surface area contributed by atoms with Crippen LogP contribution in [0.1, 0.15) is 53.2 Å². The maximum Gasteiger partial charge on any atom is 0.254 e. The third-order valence-corrected chi connectivity index (χ3v) is 6.40. The van der Waals surface area contributed by atoms with Gasteiger partial charge in [0.05, 0.1) is 19.1 Å². The number of benzene rings is 2. The minimum Gasteiger partial charge on any atom is -0.497 e. The number of likely N-dealkylation sites (N-methyl/N-ethyl adjacent to an activating group) is 1. The van der Waals surface area contributed by atoms with E-state index in [9.17, 15) is 9.59 Å². The van der Waals surface area contributed by atoms with Crippen molar-refractivity contribution < 1.29 is 14.3 Å². The van der Waals surface area contributed by atoms with Crippen molar-refractivity contribution in [3.63, 3.8) is 0 Å². The zero-order valence-corrected chi connectivity index (χ0v) is 17.3. The molecule has 2 aliphatic rings. The van der Waals surface area contributed by atoms with E-state index in [4.69, 9.17) is 4.74 Å². The summed E-state index contributed by atoms with van der Waals surface area (Å²) in [5.41, 5.74) is 2.41. The van der Waals surface area contributed by atoms with Gasteiger partial charge in [-0.3, -0.25) is 9.59 Å². The number of carbonyl (C=O) groups is 2. The number of ether oxygens (including phenoxy) is 1. The molecule has 1 saturated heterocycles. The molecule has 5 nitrogen and oxygen atoms in total. The molecule has 4 rings (SSSR count). The Kier molecular flexibility index (Phi) is 5.31. The molecule has 0 N–H and O–H groups in total. The minimum absolute atomic E-state index is 0.0438. The highest BCUT2D eigenvalue weighted by atomic mass is 16.5. The molecule has 29 heavy (non-hydrogen) atoms. The Balaban J connectivity index is 1.78. The van der Waals surface area contributed by atoms with E-state index in [0.717, 1.165) is 42.8 Å². The van der Waals surface area contributed by atoms with Crippen LogP contribution in [0.2, 0.25) is 0 Å². The van der Waals surface area contributed by atoms with E-state index in [1.165, 1.54) is 0 Å². The highest BCUT2D eigenvalue weighted by Gasteiger charge is 2.44. The van der Waals surface area contributed by atoms with Gasteiger partial charge in [0.1, 0.15) is 5.75 Å². The van der Waals surface area contributed by atoms with Crippen LogP contribution in [0.15, 0.2) is 48.5 Å². The third-order valence-electron chi connectivity index (χ3n) is 6.40. The van der Waals surface area contributed by atoms with Crippen LogP contribution in [-0.2, 0) is 4.79 Å². The highest BCUT2D eigenvalue weighted by molar-refractivity contribution is 6.01. The van der Waals surface area contributed by atoms with E-state index in [1.807, 2.05) is 53.4 Å². The van der Waals surface area contributed by atoms with Crippen molar-refractivity contribution in [2.24, 2.45) is 5.92 Å². The number of hydrogen-bond acceptors (Lipinski definition) is 3. The normalized spacial score (nSPS) is 22.4. The van der Waals surface area contributed by atoms with Crippen LogP contribution < -0.4 is 4.74 Å². The van der Waals surface area contributed by atoms with Crippen LogP contribution in [0.25, 0.3) is 0 Å². The number of amides is 2. The van der Waals surface area contributed by atoms with E-state index >= 15 is 0 Å². The summed E-state index contributed by atoms with van der Waals surface area (Å²) in [4.78, 5) is 30.5. The van der Waals surface area contributed by atoms with Gasteiger partial charge in [-0.25, -0.2) is 0 Å². The number of methoxy groups -OCH3 is 1. The zero-order chi connectivity index (χ0) is 20.5. The predicted octanol–water partition coefficient (Wildman–Crippen LogP) is 3.86. The standard InChI is InChI=1S/C24H28N2O3/c1-16-12-14-26(15-13-16)24(28)21-19-6-4-5-7-20(19)23(27)25(2)22(21)17-8-10-18(29-3)11-9-17/h4-11,16,21-22H,12-15H2,1-3H3/t21-,22+/m1/s1. The summed E-state index contributed by atoms with van der Waals surface area (Å²) in [6, 6.07) is 14.9. The Morgan fingerprint density at radius 2 is 1.69 bits per heavy atom. The second kappa shape index (κ2) is 7.90. The molecule has 0 aromatic heterocycles. The van der Waals surface area contributed by atoms with Crippen LogP contribution in [0, 0.1) is 5.92 Å². The van der Waals surface area contributed by atoms with E-state index in [0.29, 0.717) is 11.5 Å². The first-order valence-corrected chi connectivity index (χ1v) is 10.3. The van der Waals surface area contributed by atoms with Gasteiger partial charge in [0, 0.05) is 25.7 Å². The second-order valence-electron chi connectivity index (χ2n) is 8.21. The Hall–Kier alpha value is -2.82. The average Bonchev–Trinajstić information content (AvgIpc) is 2.76. The first kappa shape index (κ1) is 19.5. The quantitative estimate of drug-likeness (QED) is 0.797. The fourth-order valence-corrected chi connectivity index (χ4v) is 4.58. The van der Waals surface area contributed by atoms with Crippen LogP contribution in [0.3, 0.4) is 0 Å². The van der Waals surface area contributed by atoms with Crippen molar-refractivity contribution in [2.45, 2.75) is 31.7 Å². The molecule has 0 bridgehead atoms. The zero-order valence-electron chi connectivity index (χ0n) is 17.3. The smallest absolute Gasteiger partial charge is 0.254 e. The molecule has 0 saturated carbocycles. The first-order valence-electron chi connectivity index (χ1n) is 10.3. The maximum atomic E-state index is 13.7. The van der Waals surface area contributed by atoms with Crippen LogP contribution in [0.4, 0.5) is 0 Å². The predicted molar refractivity (Wildman–Crippen MR) is 112 cm³/mol. The van der Waals surface area contributed by atoms with E-state index < -0.39 is 5.92 Å². The van der Waals surface area contributed by atoms with Gasteiger partial charge in [-0.05, 0) is 48.1 Å². The van der Waals surface area contributed by atoms with Crippen molar-refractivity contribution in [3.05, 3.63) is 65.2 Å². The van der Waals surface area contributed by atoms with Gasteiger partial charge in [0.15, 0.2) is 0 Å². The summed E-state index contributed by atoms with van der Waals surface area (Å²) >= 11 is 0. The van der Waals surface area contributed by atoms with Crippen LogP contribution in [-0.4, -0.2) is 48.9 Å². The minimum atomic E-state index is -0.407. The number of piperidine rings is 1. The summed E-state index contributed by atoms with van der Waals surface area (Å²) in [7, 11) is 3.43. The van der Waals surface area contributed by atoms with Gasteiger partial charge >= 0.3 is 0 Å². The van der Waals surface area contributed by atoms with Gasteiger partial charge in [-0.2, -0.15) is 0 Å². The topological polar surface area (TPSA) is 49.9 Å². The lowest BCUT2D eigenvalue weighted by Crippen LogP contribution is -2.48. The molecule has 0 radical (unpaired) electrons. The number of hydrogen-bond donors (Lipinski definition) is 0. The van der Waals surface area contributed by atoms with Crippen molar-refractivity contribution in [3.8, 4) is 5.75 Å². The lowest BCUT2D eigenvalue weighted by Gasteiger charge is -2.42. The largest absolute Gasteiger partial charge is 0.497 e. The Morgan fingerprint density at radius 3 is 2.34 bits per heavy atom. The number of likely N-dealkylation sites (tertiary alicyclic amines) is 1. The molecular formula is C24H28N2O3. The second-order valence-corrected chi connectivity index (χ2v) is 8.21. The Morgan fingerprint density at radius 1 is 1.03 bits per heavy atom. The van der Waals surface area contributed by atoms with Crippen molar-refractivity contribution in [2.75, 3.05) is 27.2 Å². The summed E-state index contributed by atoms with van der Waals surface area (Å²) in [5, 5.41) is 0. The summed E-state index contributed by atoms with van der Waals surface area (Å²) in [6.07, 6.45) is 2.06. The van der Waals surface area contributed by atoms with Crippen molar-refractivity contribution in [1.82, 2.24) is 9.80 Å². The maximum absolute atomic E-state index is 13.7. The third kappa shape index (κ3) is 3.50. The lowest BCUT2D eigenvalue weighted by molar-refractivity contribution is -0.135. The van der Waals surface area contributed by atoms with Gasteiger partial charge in [-0.15, -0.1) is 0 Å². The van der Waals surface area contributed by atoms with Gasteiger partial charge in [0.2, 0.25) is 5.91 Å². The number of carbonyl (C=O) groups excluding carboxylic acids is 2. The SMILES string of the molecule is COc1ccc([C@H]2[C@H](C(=O)N3CCC(C)CC3)c3ccccc3C(=O)N2C)cc1. The average molecular weight is 392 g/mol. The summed E-state index contributed by atoms with van der Waals surface area (Å²) in [6.45, 7) is 3.81. The van der Waals surface area contributed by atoms with E-state index in [-0.39, 0.29) is 17.9 Å². The fraction of sp³-hybridized carbons (Fsp3) is 0.417. The Labute approximate surface area is 172 Å². The molecule has 1 fully saturated rings. The molecule has 2 atom stereocenters. The monoisotopic (exact) mass is 392 g/mol. The summed E-state index contributed by atoms with van der Waals surface area (Å²) < 4.78 is 5.28. The van der Waals surface area contributed by atoms with Crippen LogP contribution in [0.5, 0.6) is 5.75 Å². The highest BCUT2D eigenvalue weighted by Crippen LogP contribution is 2.43. The number of fused-ring (bicyclic) bond motifs is 1. The first-order chi connectivity index (χ1) is 14.0. The molecule has 2 aromatic carbocycles. The van der Waals surface area contributed by atoms with E-state index in [2.05, 4.69) is 6.92 Å². The van der Waals surface area contributed by atoms with E-state index in [1.54, 1.807) is 19.1 Å². The van der Waals surface area contributed by atoms with Gasteiger partial charge in [0.25, 0.3) is 5.91 Å². The van der Waals surface area contributed by atoms with Gasteiger partial charge < -0.3 is 14.5 Å². The molecule has 2 amide bonds. The Bertz CT molecular complexity index is 901. The lowest BCUT2D eigenvalue weighted by atomic mass is 9.79. The molecule has 0 aliphatic carbocycles.